The van der Waals surface area contributed by atoms with Gasteiger partial charge >= 0.3 is 0 Å². The zero-order valence-electron chi connectivity index (χ0n) is 6.19. The quantitative estimate of drug-likeness (QED) is 0.455. The highest BCUT2D eigenvalue weighted by molar-refractivity contribution is 5.79. The maximum absolute atomic E-state index is 10.7. The summed E-state index contributed by atoms with van der Waals surface area (Å²) in [4.78, 5) is 10.7. The van der Waals surface area contributed by atoms with Gasteiger partial charge in [-0.15, -0.1) is 0 Å². The average Bonchev–Trinajstić information content (AvgIpc) is 1.91. The van der Waals surface area contributed by atoms with E-state index in [1.807, 2.05) is 0 Å². The molecule has 12 heavy (non-hydrogen) atoms. The van der Waals surface area contributed by atoms with E-state index >= 15 is 0 Å². The van der Waals surface area contributed by atoms with Crippen molar-refractivity contribution < 1.29 is 33.4 Å². The molecule has 0 aromatic heterocycles. The van der Waals surface area contributed by atoms with Crippen LogP contribution in [0, 0.1) is 10.2 Å². The van der Waals surface area contributed by atoms with Crippen LogP contribution in [-0.4, -0.2) is 23.9 Å². The minimum Gasteiger partial charge on any atom is -0.300 e. The maximum atomic E-state index is 10.7. The third-order valence-corrected chi connectivity index (χ3v) is 1.83. The van der Waals surface area contributed by atoms with Crippen LogP contribution in [0.2, 0.25) is 0 Å². The molecule has 1 saturated heterocycles. The number of hydrogen-bond acceptors (Lipinski definition) is 6. The van der Waals surface area contributed by atoms with Crippen LogP contribution in [0.3, 0.4) is 0 Å². The summed E-state index contributed by atoms with van der Waals surface area (Å²) in [5.74, 6) is 0.0508. The minimum absolute atomic E-state index is 0.0508. The highest BCUT2D eigenvalue weighted by Gasteiger charge is 2.29. The number of Topliss-reactive ketones (excluding diaryl/α,β-unsaturated/α-hetero) is 1. The first-order valence-electron chi connectivity index (χ1n) is 3.34. The zero-order chi connectivity index (χ0) is 9.19. The van der Waals surface area contributed by atoms with Crippen LogP contribution >= 0.6 is 0 Å². The highest BCUT2D eigenvalue weighted by Crippen LogP contribution is 2.07. The molecule has 0 radical (unpaired) electrons. The summed E-state index contributed by atoms with van der Waals surface area (Å²) in [5.41, 5.74) is 0. The summed E-state index contributed by atoms with van der Waals surface area (Å²) in [6, 6.07) is 0. The standard InChI is InChI=1S/C5H8ClNO5/c8-5-1-3-7(4-2-5)12-6(9,10)11/h1-4H2. The molecule has 6 nitrogen and oxygen atoms in total. The lowest BCUT2D eigenvalue weighted by Crippen LogP contribution is -2.63. The van der Waals surface area contributed by atoms with Gasteiger partial charge in [0.1, 0.15) is 16.0 Å². The van der Waals surface area contributed by atoms with E-state index in [1.165, 1.54) is 0 Å². The van der Waals surface area contributed by atoms with Gasteiger partial charge < -0.3 is 0 Å². The van der Waals surface area contributed by atoms with Gasteiger partial charge in [-0.25, -0.2) is 0 Å². The van der Waals surface area contributed by atoms with E-state index in [9.17, 15) is 18.8 Å². The molecular formula is C5H8ClNO5. The predicted molar refractivity (Wildman–Crippen MR) is 26.9 cm³/mol. The van der Waals surface area contributed by atoms with Crippen LogP contribution < -0.4 is 14.0 Å². The smallest absolute Gasteiger partial charge is 0.179 e. The van der Waals surface area contributed by atoms with Gasteiger partial charge in [0.05, 0.1) is 0 Å². The van der Waals surface area contributed by atoms with Gasteiger partial charge in [-0.3, -0.25) is 4.79 Å². The summed E-state index contributed by atoms with van der Waals surface area (Å²) in [6.45, 7) is 0.320. The molecule has 0 bridgehead atoms. The van der Waals surface area contributed by atoms with Crippen molar-refractivity contribution in [3.8, 4) is 0 Å². The summed E-state index contributed by atoms with van der Waals surface area (Å²) in [7, 11) is -4.41. The van der Waals surface area contributed by atoms with E-state index in [4.69, 9.17) is 0 Å². The van der Waals surface area contributed by atoms with Crippen molar-refractivity contribution in [1.82, 2.24) is 5.06 Å². The molecule has 0 unspecified atom stereocenters. The van der Waals surface area contributed by atoms with Gasteiger partial charge in [0.25, 0.3) is 0 Å². The van der Waals surface area contributed by atoms with Gasteiger partial charge in [-0.2, -0.15) is 14.0 Å². The fourth-order valence-corrected chi connectivity index (χ4v) is 1.30. The first kappa shape index (κ1) is 9.85. The molecule has 1 heterocycles. The van der Waals surface area contributed by atoms with Gasteiger partial charge in [0, 0.05) is 25.9 Å². The Morgan fingerprint density at radius 2 is 1.75 bits per heavy atom. The number of carbonyl (C=O) groups is 1. The van der Waals surface area contributed by atoms with Crippen molar-refractivity contribution in [2.75, 3.05) is 13.1 Å². The molecule has 0 amide bonds. The average molecular weight is 198 g/mol. The molecule has 1 fully saturated rings. The minimum atomic E-state index is -4.41. The lowest BCUT2D eigenvalue weighted by atomic mass is 10.1. The number of carbonyl (C=O) groups excluding carboxylic acids is 1. The second-order valence-electron chi connectivity index (χ2n) is 2.41. The van der Waals surface area contributed by atoms with Crippen molar-refractivity contribution in [3.05, 3.63) is 0 Å². The molecular weight excluding hydrogens is 190 g/mol. The first-order chi connectivity index (χ1) is 5.47. The fraction of sp³-hybridized carbons (Fsp3) is 0.800. The Hall–Kier alpha value is -0.240. The van der Waals surface area contributed by atoms with Gasteiger partial charge in [0.15, 0.2) is 4.39 Å². The molecule has 1 aliphatic rings. The lowest BCUT2D eigenvalue weighted by molar-refractivity contribution is -1.92. The normalized spacial score (nSPS) is 21.4. The second-order valence-corrected chi connectivity index (χ2v) is 3.31. The Bertz CT molecular complexity index is 169. The van der Waals surface area contributed by atoms with Crippen molar-refractivity contribution >= 4 is 5.78 Å². The summed E-state index contributed by atoms with van der Waals surface area (Å²) < 4.78 is 34.1. The number of ketones is 1. The Morgan fingerprint density at radius 1 is 1.25 bits per heavy atom. The molecule has 0 spiro atoms. The molecule has 0 saturated carbocycles. The van der Waals surface area contributed by atoms with E-state index in [0.717, 1.165) is 5.06 Å². The first-order valence-corrected chi connectivity index (χ1v) is 4.58. The van der Waals surface area contributed by atoms with Crippen LogP contribution in [0.1, 0.15) is 12.8 Å². The summed E-state index contributed by atoms with van der Waals surface area (Å²) in [5, 5.41) is 0.977. The third-order valence-electron chi connectivity index (χ3n) is 1.46. The van der Waals surface area contributed by atoms with Crippen LogP contribution in [0.5, 0.6) is 0 Å². The Labute approximate surface area is 71.0 Å². The summed E-state index contributed by atoms with van der Waals surface area (Å²) >= 11 is 0. The lowest BCUT2D eigenvalue weighted by Gasteiger charge is -2.21. The summed E-state index contributed by atoms with van der Waals surface area (Å²) in [6.07, 6.45) is 0.454. The molecule has 0 aromatic rings. The number of hydrogen-bond donors (Lipinski definition) is 0. The maximum Gasteiger partial charge on any atom is 0.179 e. The molecule has 0 N–H and O–H groups in total. The van der Waals surface area contributed by atoms with Crippen molar-refractivity contribution in [1.29, 1.82) is 0 Å². The van der Waals surface area contributed by atoms with E-state index in [2.05, 4.69) is 4.39 Å². The zero-order valence-corrected chi connectivity index (χ0v) is 6.95. The number of piperidine rings is 1. The largest absolute Gasteiger partial charge is 0.300 e. The highest BCUT2D eigenvalue weighted by atomic mass is 35.7. The van der Waals surface area contributed by atoms with Crippen LogP contribution in [-0.2, 0) is 9.18 Å². The molecule has 7 heteroatoms. The molecule has 0 aromatic carbocycles. The van der Waals surface area contributed by atoms with E-state index in [0.29, 0.717) is 0 Å². The molecule has 70 valence electrons. The molecule has 1 rings (SSSR count). The fourth-order valence-electron chi connectivity index (χ4n) is 0.924. The second kappa shape index (κ2) is 3.65. The van der Waals surface area contributed by atoms with Crippen LogP contribution in [0.4, 0.5) is 0 Å². The van der Waals surface area contributed by atoms with Crippen LogP contribution in [0.15, 0.2) is 0 Å². The molecule has 0 atom stereocenters. The van der Waals surface area contributed by atoms with Crippen molar-refractivity contribution in [3.63, 3.8) is 0 Å². The van der Waals surface area contributed by atoms with E-state index < -0.39 is 10.2 Å². The topological polar surface area (TPSA) is 98.7 Å². The van der Waals surface area contributed by atoms with E-state index in [1.54, 1.807) is 0 Å². The number of nitrogens with zero attached hydrogens (tertiary/aromatic N) is 1. The monoisotopic (exact) mass is 197 g/mol. The van der Waals surface area contributed by atoms with Crippen molar-refractivity contribution in [2.45, 2.75) is 12.8 Å². The number of hydroxylamine groups is 2. The number of rotatable bonds is 2. The van der Waals surface area contributed by atoms with Gasteiger partial charge in [0.2, 0.25) is 0 Å². The van der Waals surface area contributed by atoms with Gasteiger partial charge in [-0.1, -0.05) is 0 Å². The molecule has 1 aliphatic heterocycles. The van der Waals surface area contributed by atoms with Gasteiger partial charge in [-0.05, 0) is 5.06 Å². The Morgan fingerprint density at radius 3 is 2.17 bits per heavy atom. The third kappa shape index (κ3) is 3.44. The SMILES string of the molecule is O=C1CCN(O[Cl+3]([O-])([O-])[O-])CC1. The van der Waals surface area contributed by atoms with E-state index in [-0.39, 0.29) is 31.7 Å². The Balaban J connectivity index is 2.31. The number of halogens is 1. The Kier molecular flexibility index (Phi) is 2.99. The van der Waals surface area contributed by atoms with Crippen LogP contribution in [0.25, 0.3) is 0 Å². The van der Waals surface area contributed by atoms with Crippen molar-refractivity contribution in [2.24, 2.45) is 0 Å². The molecule has 0 aliphatic carbocycles. The predicted octanol–water partition coefficient (Wildman–Crippen LogP) is -3.52.